The van der Waals surface area contributed by atoms with E-state index < -0.39 is 0 Å². The summed E-state index contributed by atoms with van der Waals surface area (Å²) in [6.07, 6.45) is 3.54. The first kappa shape index (κ1) is 20.1. The van der Waals surface area contributed by atoms with E-state index in [2.05, 4.69) is 36.2 Å². The number of benzene rings is 2. The fraction of sp³-hybridized carbons (Fsp3) is 0.348. The maximum absolute atomic E-state index is 12.9. The molecule has 0 aliphatic carbocycles. The van der Waals surface area contributed by atoms with Gasteiger partial charge >= 0.3 is 0 Å². The Hall–Kier alpha value is -2.66. The topological polar surface area (TPSA) is 41.6 Å². The number of anilines is 1. The molecule has 1 amide bonds. The molecule has 3 rings (SSSR count). The summed E-state index contributed by atoms with van der Waals surface area (Å²) in [5.74, 6) is -0.477. The van der Waals surface area contributed by atoms with Crippen LogP contribution >= 0.6 is 0 Å². The van der Waals surface area contributed by atoms with Crippen LogP contribution < -0.4 is 10.2 Å². The monoisotopic (exact) mass is 382 g/mol. The fourth-order valence-electron chi connectivity index (χ4n) is 3.47. The highest BCUT2D eigenvalue weighted by atomic mass is 19.1. The molecule has 1 aliphatic heterocycles. The number of nitrogens with one attached hydrogen (secondary N) is 1. The summed E-state index contributed by atoms with van der Waals surface area (Å²) in [5, 5.41) is 2.98. The molecule has 148 valence electrons. The highest BCUT2D eigenvalue weighted by molar-refractivity contribution is 5.92. The van der Waals surface area contributed by atoms with E-state index >= 15 is 0 Å². The van der Waals surface area contributed by atoms with Crippen molar-refractivity contribution in [2.45, 2.75) is 39.0 Å². The van der Waals surface area contributed by atoms with Gasteiger partial charge in [-0.2, -0.15) is 0 Å². The van der Waals surface area contributed by atoms with Crippen molar-refractivity contribution in [3.63, 3.8) is 0 Å². The number of hydrogen-bond acceptors (Lipinski definition) is 3. The molecular formula is C23H27FN2O2. The number of rotatable bonds is 5. The van der Waals surface area contributed by atoms with Gasteiger partial charge in [-0.3, -0.25) is 4.79 Å². The van der Waals surface area contributed by atoms with Crippen LogP contribution in [0, 0.1) is 5.82 Å². The van der Waals surface area contributed by atoms with Gasteiger partial charge in [0.15, 0.2) is 0 Å². The summed E-state index contributed by atoms with van der Waals surface area (Å²) >= 11 is 0. The van der Waals surface area contributed by atoms with Gasteiger partial charge in [-0.1, -0.05) is 24.3 Å². The summed E-state index contributed by atoms with van der Waals surface area (Å²) in [6.45, 7) is 7.85. The van der Waals surface area contributed by atoms with Crippen molar-refractivity contribution in [3.8, 4) is 0 Å². The van der Waals surface area contributed by atoms with E-state index in [4.69, 9.17) is 4.74 Å². The van der Waals surface area contributed by atoms with E-state index in [0.717, 1.165) is 29.9 Å². The second kappa shape index (κ2) is 9.02. The second-order valence-electron chi connectivity index (χ2n) is 7.37. The van der Waals surface area contributed by atoms with E-state index in [1.807, 2.05) is 19.1 Å². The number of hydrogen-bond donors (Lipinski definition) is 1. The van der Waals surface area contributed by atoms with Gasteiger partial charge in [0.1, 0.15) is 5.82 Å². The van der Waals surface area contributed by atoms with Crippen LogP contribution in [0.3, 0.4) is 0 Å². The van der Waals surface area contributed by atoms with E-state index in [-0.39, 0.29) is 30.0 Å². The fourth-order valence-corrected chi connectivity index (χ4v) is 3.47. The van der Waals surface area contributed by atoms with Crippen LogP contribution in [-0.4, -0.2) is 31.2 Å². The Kier molecular flexibility index (Phi) is 6.47. The minimum absolute atomic E-state index is 0.124. The molecule has 2 aromatic carbocycles. The molecule has 0 bridgehead atoms. The molecule has 1 N–H and O–H groups in total. The maximum atomic E-state index is 12.9. The quantitative estimate of drug-likeness (QED) is 0.783. The lowest BCUT2D eigenvalue weighted by Gasteiger charge is -2.37. The molecule has 4 nitrogen and oxygen atoms in total. The van der Waals surface area contributed by atoms with Crippen molar-refractivity contribution >= 4 is 17.7 Å². The lowest BCUT2D eigenvalue weighted by atomic mass is 10.1. The summed E-state index contributed by atoms with van der Waals surface area (Å²) in [4.78, 5) is 14.6. The van der Waals surface area contributed by atoms with Crippen LogP contribution in [0.5, 0.6) is 0 Å². The lowest BCUT2D eigenvalue weighted by molar-refractivity contribution is -0.117. The summed E-state index contributed by atoms with van der Waals surface area (Å²) in [7, 11) is 0. The zero-order valence-corrected chi connectivity index (χ0v) is 16.6. The third-order valence-corrected chi connectivity index (χ3v) is 4.81. The molecule has 3 atom stereocenters. The van der Waals surface area contributed by atoms with Gasteiger partial charge in [0.2, 0.25) is 5.91 Å². The molecule has 1 saturated heterocycles. The van der Waals surface area contributed by atoms with E-state index in [1.165, 1.54) is 18.2 Å². The smallest absolute Gasteiger partial charge is 0.244 e. The molecule has 28 heavy (non-hydrogen) atoms. The predicted molar refractivity (Wildman–Crippen MR) is 111 cm³/mol. The Labute approximate surface area is 166 Å². The third-order valence-electron chi connectivity index (χ3n) is 4.81. The molecule has 0 spiro atoms. The van der Waals surface area contributed by atoms with Gasteiger partial charge in [0.25, 0.3) is 0 Å². The number of morpholine rings is 1. The maximum Gasteiger partial charge on any atom is 0.244 e. The first-order valence-corrected chi connectivity index (χ1v) is 9.65. The molecule has 5 heteroatoms. The Morgan fingerprint density at radius 3 is 2.54 bits per heavy atom. The number of amides is 1. The molecule has 0 saturated carbocycles. The molecule has 0 unspecified atom stereocenters. The average molecular weight is 382 g/mol. The van der Waals surface area contributed by atoms with Gasteiger partial charge in [-0.25, -0.2) is 4.39 Å². The van der Waals surface area contributed by atoms with Crippen molar-refractivity contribution in [1.82, 2.24) is 5.32 Å². The number of carbonyl (C=O) groups is 1. The Balaban J connectivity index is 1.63. The van der Waals surface area contributed by atoms with Crippen LogP contribution in [0.2, 0.25) is 0 Å². The van der Waals surface area contributed by atoms with Gasteiger partial charge in [-0.15, -0.1) is 0 Å². The first-order valence-electron chi connectivity index (χ1n) is 9.65. The average Bonchev–Trinajstić information content (AvgIpc) is 2.67. The number of carbonyl (C=O) groups excluding carboxylic acids is 1. The molecule has 2 aromatic rings. The molecule has 1 aliphatic rings. The van der Waals surface area contributed by atoms with Crippen molar-refractivity contribution < 1.29 is 13.9 Å². The van der Waals surface area contributed by atoms with Crippen molar-refractivity contribution in [2.24, 2.45) is 0 Å². The SMILES string of the molecule is C[C@@H]1CN(c2cccc([C@H](C)NC(=O)/C=C/c3ccc(F)cc3)c2)C[C@H](C)O1. The van der Waals surface area contributed by atoms with Crippen LogP contribution in [0.1, 0.15) is 37.9 Å². The highest BCUT2D eigenvalue weighted by Gasteiger charge is 2.22. The molecular weight excluding hydrogens is 355 g/mol. The number of nitrogens with zero attached hydrogens (tertiary/aromatic N) is 1. The zero-order chi connectivity index (χ0) is 20.1. The third kappa shape index (κ3) is 5.42. The molecule has 0 aromatic heterocycles. The largest absolute Gasteiger partial charge is 0.372 e. The lowest BCUT2D eigenvalue weighted by Crippen LogP contribution is -2.45. The summed E-state index contributed by atoms with van der Waals surface area (Å²) in [5.41, 5.74) is 2.97. The molecule has 0 radical (unpaired) electrons. The van der Waals surface area contributed by atoms with Gasteiger partial charge in [0, 0.05) is 24.9 Å². The Morgan fingerprint density at radius 1 is 1.18 bits per heavy atom. The zero-order valence-electron chi connectivity index (χ0n) is 16.6. The van der Waals surface area contributed by atoms with Crippen LogP contribution in [0.25, 0.3) is 6.08 Å². The first-order chi connectivity index (χ1) is 13.4. The second-order valence-corrected chi connectivity index (χ2v) is 7.37. The van der Waals surface area contributed by atoms with Crippen molar-refractivity contribution in [1.29, 1.82) is 0 Å². The normalized spacial score (nSPS) is 20.9. The van der Waals surface area contributed by atoms with E-state index in [9.17, 15) is 9.18 Å². The van der Waals surface area contributed by atoms with Crippen LogP contribution in [-0.2, 0) is 9.53 Å². The molecule has 1 fully saturated rings. The van der Waals surface area contributed by atoms with Crippen LogP contribution in [0.15, 0.2) is 54.6 Å². The molecule has 1 heterocycles. The summed E-state index contributed by atoms with van der Waals surface area (Å²) < 4.78 is 18.8. The predicted octanol–water partition coefficient (Wildman–Crippen LogP) is 4.33. The van der Waals surface area contributed by atoms with Gasteiger partial charge < -0.3 is 15.0 Å². The van der Waals surface area contributed by atoms with E-state index in [1.54, 1.807) is 18.2 Å². The Bertz CT molecular complexity index is 825. The van der Waals surface area contributed by atoms with Gasteiger partial charge in [-0.05, 0) is 62.2 Å². The van der Waals surface area contributed by atoms with Crippen molar-refractivity contribution in [2.75, 3.05) is 18.0 Å². The number of halogens is 1. The Morgan fingerprint density at radius 2 is 1.86 bits per heavy atom. The summed E-state index contributed by atoms with van der Waals surface area (Å²) in [6, 6.07) is 14.2. The minimum atomic E-state index is -0.292. The number of ether oxygens (including phenoxy) is 1. The van der Waals surface area contributed by atoms with E-state index in [0.29, 0.717) is 0 Å². The minimum Gasteiger partial charge on any atom is -0.372 e. The highest BCUT2D eigenvalue weighted by Crippen LogP contribution is 2.24. The van der Waals surface area contributed by atoms with Gasteiger partial charge in [0.05, 0.1) is 18.2 Å². The van der Waals surface area contributed by atoms with Crippen molar-refractivity contribution in [3.05, 3.63) is 71.6 Å². The standard InChI is InChI=1S/C23H27FN2O2/c1-16-14-26(15-17(2)28-16)22-6-4-5-20(13-22)18(3)25-23(27)12-9-19-7-10-21(24)11-8-19/h4-13,16-18H,14-15H2,1-3H3,(H,25,27)/b12-9+/t16-,17+,18-/m0/s1. The van der Waals surface area contributed by atoms with Crippen LogP contribution in [0.4, 0.5) is 10.1 Å².